The minimum Gasteiger partial charge on any atom is -0.550 e. The average molecular weight is 677 g/mol. The van der Waals surface area contributed by atoms with Gasteiger partial charge in [0, 0.05) is 28.2 Å². The molecule has 2 aromatic heterocycles. The number of nitrogens with zero attached hydrogens (tertiary/aromatic N) is 1. The molecule has 9 heteroatoms. The van der Waals surface area contributed by atoms with Crippen LogP contribution < -0.4 is 34.7 Å². The topological polar surface area (TPSA) is 73.2 Å². The summed E-state index contributed by atoms with van der Waals surface area (Å²) < 4.78 is 1.59. The summed E-state index contributed by atoms with van der Waals surface area (Å²) >= 11 is 16.0. The van der Waals surface area contributed by atoms with Crippen molar-refractivity contribution >= 4 is 62.5 Å². The number of carboxylic acids is 1. The van der Waals surface area contributed by atoms with Gasteiger partial charge in [-0.2, -0.15) is 11.8 Å². The molecule has 6 rings (SSSR count). The van der Waals surface area contributed by atoms with Crippen LogP contribution in [0.4, 0.5) is 0 Å². The third-order valence-electron chi connectivity index (χ3n) is 9.23. The van der Waals surface area contributed by atoms with E-state index in [4.69, 9.17) is 28.2 Å². The van der Waals surface area contributed by atoms with E-state index in [0.29, 0.717) is 21.2 Å². The molecule has 2 aliphatic rings. The number of carboxylic acid groups (broad SMARTS) is 1. The van der Waals surface area contributed by atoms with Crippen LogP contribution in [0.2, 0.25) is 9.36 Å². The van der Waals surface area contributed by atoms with E-state index < -0.39 is 5.97 Å². The number of aryl methyl sites for hydroxylation is 1. The van der Waals surface area contributed by atoms with Gasteiger partial charge in [-0.3, -0.25) is 0 Å². The van der Waals surface area contributed by atoms with Gasteiger partial charge in [-0.15, -0.1) is 11.3 Å². The molecule has 2 aliphatic carbocycles. The number of hydrogen-bond donors (Lipinski definition) is 1. The van der Waals surface area contributed by atoms with Crippen LogP contribution in [0.25, 0.3) is 10.2 Å². The summed E-state index contributed by atoms with van der Waals surface area (Å²) in [5.74, 6) is 0.627. The van der Waals surface area contributed by atoms with Crippen molar-refractivity contribution in [1.29, 1.82) is 0 Å². The molecule has 0 amide bonds. The summed E-state index contributed by atoms with van der Waals surface area (Å²) in [4.78, 5) is 16.3. The summed E-state index contributed by atoms with van der Waals surface area (Å²) in [6, 6.07) is 21.6. The third kappa shape index (κ3) is 7.55. The summed E-state index contributed by atoms with van der Waals surface area (Å²) in [6.45, 7) is 4.25. The van der Waals surface area contributed by atoms with Crippen LogP contribution in [0.1, 0.15) is 91.0 Å². The predicted octanol–water partition coefficient (Wildman–Crippen LogP) is 5.48. The number of carbonyl (C=O) groups excluding carboxylic acids is 1. The van der Waals surface area contributed by atoms with Crippen LogP contribution in [0.5, 0.6) is 0 Å². The van der Waals surface area contributed by atoms with Gasteiger partial charge in [-0.1, -0.05) is 85.6 Å². The molecule has 2 saturated carbocycles. The monoisotopic (exact) mass is 675 g/mol. The fourth-order valence-electron chi connectivity index (χ4n) is 6.27. The van der Waals surface area contributed by atoms with Gasteiger partial charge in [-0.05, 0) is 90.0 Å². The number of aliphatic hydroxyl groups is 1. The zero-order valence-corrected chi connectivity index (χ0v) is 30.6. The molecule has 4 nitrogen and oxygen atoms in total. The molecule has 4 aromatic rings. The van der Waals surface area contributed by atoms with E-state index in [1.165, 1.54) is 33.6 Å². The van der Waals surface area contributed by atoms with Gasteiger partial charge in [0.05, 0.1) is 16.3 Å². The molecule has 3 atom stereocenters. The fraction of sp³-hybridized carbons (Fsp3) is 0.429. The molecular formula is C35H36Cl2NNaO3S2. The van der Waals surface area contributed by atoms with Crippen molar-refractivity contribution in [1.82, 2.24) is 4.98 Å². The fourth-order valence-corrected chi connectivity index (χ4v) is 9.25. The summed E-state index contributed by atoms with van der Waals surface area (Å²) in [5, 5.41) is 22.3. The van der Waals surface area contributed by atoms with E-state index in [9.17, 15) is 15.0 Å². The van der Waals surface area contributed by atoms with Gasteiger partial charge in [0.25, 0.3) is 0 Å². The molecule has 0 aliphatic heterocycles. The summed E-state index contributed by atoms with van der Waals surface area (Å²) in [5.41, 5.74) is 6.45. The number of carbonyl (C=O) groups is 1. The molecule has 1 N–H and O–H groups in total. The van der Waals surface area contributed by atoms with Crippen molar-refractivity contribution in [2.45, 2.75) is 74.9 Å². The Morgan fingerprint density at radius 3 is 2.64 bits per heavy atom. The number of aromatic nitrogens is 1. The predicted molar refractivity (Wildman–Crippen MR) is 178 cm³/mol. The maximum Gasteiger partial charge on any atom is 1.00 e. The Morgan fingerprint density at radius 2 is 1.91 bits per heavy atom. The Kier molecular flexibility index (Phi) is 10.9. The SMILES string of the molecule is CC(C)(CO)c1ccccc1CCC(SCC1(CC(=O)[O-])CC1)c1cccc(C2CC2c2ccc3sc(Cl)c(Cl)c3n2)c1.[Na+]. The first-order chi connectivity index (χ1) is 20.6. The number of hydrogen-bond acceptors (Lipinski definition) is 6. The van der Waals surface area contributed by atoms with Crippen LogP contribution in [0, 0.1) is 5.41 Å². The summed E-state index contributed by atoms with van der Waals surface area (Å²) in [6.07, 6.45) is 4.91. The van der Waals surface area contributed by atoms with Crippen molar-refractivity contribution in [3.63, 3.8) is 0 Å². The van der Waals surface area contributed by atoms with Crippen molar-refractivity contribution in [2.24, 2.45) is 5.41 Å². The van der Waals surface area contributed by atoms with Crippen LogP contribution >= 0.6 is 46.3 Å². The molecule has 0 saturated heterocycles. The van der Waals surface area contributed by atoms with Crippen LogP contribution in [-0.2, 0) is 16.6 Å². The molecule has 226 valence electrons. The maximum atomic E-state index is 11.4. The molecule has 2 aromatic carbocycles. The Morgan fingerprint density at radius 1 is 1.14 bits per heavy atom. The Labute approximate surface area is 300 Å². The van der Waals surface area contributed by atoms with Gasteiger partial charge < -0.3 is 15.0 Å². The van der Waals surface area contributed by atoms with Crippen LogP contribution in [0.3, 0.4) is 0 Å². The van der Waals surface area contributed by atoms with Crippen molar-refractivity contribution < 1.29 is 44.6 Å². The van der Waals surface area contributed by atoms with Crippen molar-refractivity contribution in [2.75, 3.05) is 12.4 Å². The first-order valence-corrected chi connectivity index (χ1v) is 17.6. The third-order valence-corrected chi connectivity index (χ3v) is 12.8. The van der Waals surface area contributed by atoms with Gasteiger partial charge in [0.2, 0.25) is 0 Å². The largest absolute Gasteiger partial charge is 1.00 e. The van der Waals surface area contributed by atoms with E-state index in [2.05, 4.69) is 68.4 Å². The number of benzene rings is 2. The van der Waals surface area contributed by atoms with Gasteiger partial charge >= 0.3 is 29.6 Å². The Bertz CT molecular complexity index is 1650. The number of rotatable bonds is 13. The van der Waals surface area contributed by atoms with E-state index in [0.717, 1.165) is 53.8 Å². The first kappa shape index (κ1) is 34.3. The number of pyridine rings is 1. The molecule has 0 bridgehead atoms. The second-order valence-electron chi connectivity index (χ2n) is 13.0. The van der Waals surface area contributed by atoms with Crippen LogP contribution in [0.15, 0.2) is 60.7 Å². The van der Waals surface area contributed by atoms with Gasteiger partial charge in [0.15, 0.2) is 0 Å². The Balaban J connectivity index is 0.00000384. The number of fused-ring (bicyclic) bond motifs is 1. The average Bonchev–Trinajstić information content (AvgIpc) is 3.92. The van der Waals surface area contributed by atoms with E-state index >= 15 is 0 Å². The second-order valence-corrected chi connectivity index (χ2v) is 16.2. The van der Waals surface area contributed by atoms with Crippen molar-refractivity contribution in [3.05, 3.63) is 98.0 Å². The van der Waals surface area contributed by atoms with E-state index in [1.807, 2.05) is 17.8 Å². The number of aliphatic carboxylic acids is 1. The molecule has 3 unspecified atom stereocenters. The smallest absolute Gasteiger partial charge is 0.550 e. The number of halogens is 2. The molecule has 44 heavy (non-hydrogen) atoms. The molecule has 0 spiro atoms. The Hall–Kier alpha value is -1.09. The molecule has 0 radical (unpaired) electrons. The number of thioether (sulfide) groups is 1. The number of aliphatic hydroxyl groups excluding tert-OH is 1. The maximum absolute atomic E-state index is 11.4. The van der Waals surface area contributed by atoms with Crippen LogP contribution in [-0.4, -0.2) is 28.4 Å². The molecule has 2 heterocycles. The van der Waals surface area contributed by atoms with Gasteiger partial charge in [0.1, 0.15) is 9.85 Å². The first-order valence-electron chi connectivity index (χ1n) is 14.9. The molecular weight excluding hydrogens is 640 g/mol. The summed E-state index contributed by atoms with van der Waals surface area (Å²) in [7, 11) is 0. The minimum absolute atomic E-state index is 0. The van der Waals surface area contributed by atoms with Gasteiger partial charge in [-0.25, -0.2) is 4.98 Å². The van der Waals surface area contributed by atoms with Crippen molar-refractivity contribution in [3.8, 4) is 0 Å². The van der Waals surface area contributed by atoms with E-state index in [1.54, 1.807) is 0 Å². The zero-order valence-electron chi connectivity index (χ0n) is 25.4. The normalized spacial score (nSPS) is 19.4. The standard InChI is InChI=1S/C35H37Cl2NO3S2.Na/c1-34(2,19-39)26-9-4-3-6-21(26)10-12-28(42-20-35(14-15-35)18-30(40)41)23-8-5-7-22(16-23)24-17-25(24)27-11-13-29-32(38-27)31(36)33(37)43-29;/h3-9,11,13,16,24-25,28,39H,10,12,14-15,17-20H2,1-2H3,(H,40,41);/q;+1/p-1. The second kappa shape index (κ2) is 13.9. The minimum atomic E-state index is -0.950. The molecule has 2 fully saturated rings. The van der Waals surface area contributed by atoms with E-state index in [-0.39, 0.29) is 58.7 Å². The zero-order chi connectivity index (χ0) is 30.4. The quantitative estimate of drug-likeness (QED) is 0.190. The number of thiophene rings is 1.